The summed E-state index contributed by atoms with van der Waals surface area (Å²) < 4.78 is 0. The van der Waals surface area contributed by atoms with Gasteiger partial charge in [0.05, 0.1) is 10.0 Å². The summed E-state index contributed by atoms with van der Waals surface area (Å²) in [6.07, 6.45) is 0. The van der Waals surface area contributed by atoms with E-state index >= 15 is 0 Å². The second-order valence-electron chi connectivity index (χ2n) is 3.85. The van der Waals surface area contributed by atoms with E-state index in [9.17, 15) is 0 Å². The van der Waals surface area contributed by atoms with Crippen molar-refractivity contribution in [2.24, 2.45) is 0 Å². The molecule has 0 unspecified atom stereocenters. The first-order valence-electron chi connectivity index (χ1n) is 5.27. The van der Waals surface area contributed by atoms with Crippen molar-refractivity contribution in [3.63, 3.8) is 0 Å². The van der Waals surface area contributed by atoms with E-state index in [-0.39, 0.29) is 5.95 Å². The predicted molar refractivity (Wildman–Crippen MR) is 79.2 cm³/mol. The van der Waals surface area contributed by atoms with E-state index < -0.39 is 0 Å². The lowest BCUT2D eigenvalue weighted by molar-refractivity contribution is 0.876. The van der Waals surface area contributed by atoms with Gasteiger partial charge in [-0.05, 0) is 30.0 Å². The number of hydrogen-bond donors (Lipinski definition) is 1. The Morgan fingerprint density at radius 1 is 1.11 bits per heavy atom. The topological polar surface area (TPSA) is 67.9 Å². The molecule has 1 heterocycles. The van der Waals surface area contributed by atoms with Crippen LogP contribution in [0.3, 0.4) is 0 Å². The molecule has 5 nitrogen and oxygen atoms in total. The van der Waals surface area contributed by atoms with Crippen molar-refractivity contribution in [1.29, 1.82) is 0 Å². The molecule has 0 amide bonds. The van der Waals surface area contributed by atoms with Crippen molar-refractivity contribution in [2.75, 3.05) is 24.7 Å². The molecule has 0 spiro atoms. The van der Waals surface area contributed by atoms with E-state index in [1.165, 1.54) is 11.8 Å². The smallest absolute Gasteiger partial charge is 0.230 e. The van der Waals surface area contributed by atoms with Gasteiger partial charge in [-0.2, -0.15) is 15.0 Å². The molecular weight excluding hydrogens is 305 g/mol. The van der Waals surface area contributed by atoms with Crippen LogP contribution in [-0.2, 0) is 0 Å². The van der Waals surface area contributed by atoms with E-state index in [1.54, 1.807) is 17.0 Å². The largest absolute Gasteiger partial charge is 0.368 e. The molecule has 2 rings (SSSR count). The first-order chi connectivity index (χ1) is 8.95. The molecule has 1 aromatic heterocycles. The molecule has 100 valence electrons. The van der Waals surface area contributed by atoms with Crippen LogP contribution in [0, 0.1) is 0 Å². The van der Waals surface area contributed by atoms with Crippen LogP contribution in [-0.4, -0.2) is 29.0 Å². The summed E-state index contributed by atoms with van der Waals surface area (Å²) in [6.45, 7) is 0. The standard InChI is InChI=1S/C11H11Cl2N5S/c1-18(2)10-15-9(14)16-11(17-10)19-6-3-4-7(12)8(13)5-6/h3-5H,1-2H3,(H2,14,15,16,17). The van der Waals surface area contributed by atoms with Gasteiger partial charge in [0.2, 0.25) is 11.9 Å². The highest BCUT2D eigenvalue weighted by Gasteiger charge is 2.08. The zero-order valence-electron chi connectivity index (χ0n) is 10.3. The Bertz CT molecular complexity index is 606. The Morgan fingerprint density at radius 3 is 2.47 bits per heavy atom. The van der Waals surface area contributed by atoms with Crippen LogP contribution < -0.4 is 10.6 Å². The highest BCUT2D eigenvalue weighted by atomic mass is 35.5. The van der Waals surface area contributed by atoms with Gasteiger partial charge in [-0.15, -0.1) is 0 Å². The van der Waals surface area contributed by atoms with E-state index in [2.05, 4.69) is 15.0 Å². The van der Waals surface area contributed by atoms with Crippen molar-refractivity contribution < 1.29 is 0 Å². The first kappa shape index (κ1) is 14.2. The maximum Gasteiger partial charge on any atom is 0.230 e. The third-order valence-corrected chi connectivity index (χ3v) is 3.71. The highest BCUT2D eigenvalue weighted by Crippen LogP contribution is 2.31. The average Bonchev–Trinajstić information content (AvgIpc) is 2.33. The third kappa shape index (κ3) is 3.62. The molecule has 0 aliphatic carbocycles. The lowest BCUT2D eigenvalue weighted by Crippen LogP contribution is -2.15. The molecule has 0 aliphatic heterocycles. The third-order valence-electron chi connectivity index (χ3n) is 2.12. The molecule has 19 heavy (non-hydrogen) atoms. The fraction of sp³-hybridized carbons (Fsp3) is 0.182. The number of halogens is 2. The van der Waals surface area contributed by atoms with Gasteiger partial charge in [-0.3, -0.25) is 0 Å². The van der Waals surface area contributed by atoms with Crippen LogP contribution in [0.25, 0.3) is 0 Å². The number of nitrogen functional groups attached to an aromatic ring is 1. The second-order valence-corrected chi connectivity index (χ2v) is 5.70. The number of nitrogens with two attached hydrogens (primary N) is 1. The lowest BCUT2D eigenvalue weighted by Gasteiger charge is -2.11. The second kappa shape index (κ2) is 5.81. The van der Waals surface area contributed by atoms with Crippen LogP contribution in [0.1, 0.15) is 0 Å². The summed E-state index contributed by atoms with van der Waals surface area (Å²) >= 11 is 13.2. The molecule has 0 bridgehead atoms. The van der Waals surface area contributed by atoms with Crippen LogP contribution in [0.5, 0.6) is 0 Å². The van der Waals surface area contributed by atoms with E-state index in [4.69, 9.17) is 28.9 Å². The van der Waals surface area contributed by atoms with Crippen molar-refractivity contribution in [3.8, 4) is 0 Å². The fourth-order valence-electron chi connectivity index (χ4n) is 1.25. The predicted octanol–water partition coefficient (Wildman–Crippen LogP) is 2.98. The number of anilines is 2. The van der Waals surface area contributed by atoms with Gasteiger partial charge >= 0.3 is 0 Å². The van der Waals surface area contributed by atoms with Gasteiger partial charge in [-0.1, -0.05) is 23.2 Å². The lowest BCUT2D eigenvalue weighted by atomic mass is 10.4. The zero-order chi connectivity index (χ0) is 14.0. The monoisotopic (exact) mass is 315 g/mol. The Labute approximate surface area is 125 Å². The molecule has 0 saturated heterocycles. The molecule has 0 fully saturated rings. The number of nitrogens with zero attached hydrogens (tertiary/aromatic N) is 4. The average molecular weight is 316 g/mol. The summed E-state index contributed by atoms with van der Waals surface area (Å²) in [6, 6.07) is 5.32. The van der Waals surface area contributed by atoms with Crippen LogP contribution in [0.4, 0.5) is 11.9 Å². The quantitative estimate of drug-likeness (QED) is 0.939. The molecule has 0 aliphatic rings. The van der Waals surface area contributed by atoms with Crippen molar-refractivity contribution >= 4 is 46.9 Å². The number of rotatable bonds is 3. The van der Waals surface area contributed by atoms with E-state index in [0.29, 0.717) is 21.2 Å². The number of hydrogen-bond acceptors (Lipinski definition) is 6. The normalized spacial score (nSPS) is 10.5. The molecule has 0 saturated carbocycles. The van der Waals surface area contributed by atoms with Crippen LogP contribution in [0.15, 0.2) is 28.3 Å². The van der Waals surface area contributed by atoms with E-state index in [1.807, 2.05) is 20.2 Å². The van der Waals surface area contributed by atoms with Crippen molar-refractivity contribution in [1.82, 2.24) is 15.0 Å². The van der Waals surface area contributed by atoms with Gasteiger partial charge in [-0.25, -0.2) is 0 Å². The molecule has 0 radical (unpaired) electrons. The summed E-state index contributed by atoms with van der Waals surface area (Å²) in [5, 5.41) is 1.51. The molecule has 0 atom stereocenters. The maximum absolute atomic E-state index is 5.96. The Balaban J connectivity index is 2.29. The zero-order valence-corrected chi connectivity index (χ0v) is 12.6. The van der Waals surface area contributed by atoms with E-state index in [0.717, 1.165) is 4.90 Å². The Hall–Kier alpha value is -1.24. The molecule has 8 heteroatoms. The van der Waals surface area contributed by atoms with Crippen molar-refractivity contribution in [2.45, 2.75) is 10.1 Å². The molecular formula is C11H11Cl2N5S. The van der Waals surface area contributed by atoms with Gasteiger partial charge < -0.3 is 10.6 Å². The van der Waals surface area contributed by atoms with Crippen molar-refractivity contribution in [3.05, 3.63) is 28.2 Å². The summed E-state index contributed by atoms with van der Waals surface area (Å²) in [5.74, 6) is 0.691. The van der Waals surface area contributed by atoms with Gasteiger partial charge in [0.1, 0.15) is 0 Å². The van der Waals surface area contributed by atoms with Gasteiger partial charge in [0.25, 0.3) is 0 Å². The molecule has 2 aromatic rings. The number of aromatic nitrogens is 3. The maximum atomic E-state index is 5.96. The van der Waals surface area contributed by atoms with Gasteiger partial charge in [0, 0.05) is 19.0 Å². The minimum atomic E-state index is 0.182. The first-order valence-corrected chi connectivity index (χ1v) is 6.85. The van der Waals surface area contributed by atoms with Gasteiger partial charge in [0.15, 0.2) is 5.16 Å². The van der Waals surface area contributed by atoms with Crippen LogP contribution in [0.2, 0.25) is 10.0 Å². The minimum absolute atomic E-state index is 0.182. The molecule has 2 N–H and O–H groups in total. The minimum Gasteiger partial charge on any atom is -0.368 e. The SMILES string of the molecule is CN(C)c1nc(N)nc(Sc2ccc(Cl)c(Cl)c2)n1. The molecule has 1 aromatic carbocycles. The Kier molecular flexibility index (Phi) is 4.34. The summed E-state index contributed by atoms with van der Waals surface area (Å²) in [4.78, 5) is 15.0. The summed E-state index contributed by atoms with van der Waals surface area (Å²) in [5.41, 5.74) is 5.66. The number of benzene rings is 1. The van der Waals surface area contributed by atoms with Crippen LogP contribution >= 0.6 is 35.0 Å². The fourth-order valence-corrected chi connectivity index (χ4v) is 2.41. The summed E-state index contributed by atoms with van der Waals surface area (Å²) in [7, 11) is 3.67. The Morgan fingerprint density at radius 2 is 1.84 bits per heavy atom. The highest BCUT2D eigenvalue weighted by molar-refractivity contribution is 7.99.